The number of esters is 1. The molecule has 1 aromatic rings. The lowest BCUT2D eigenvalue weighted by molar-refractivity contribution is -0.150. The van der Waals surface area contributed by atoms with Crippen molar-refractivity contribution in [1.29, 1.82) is 0 Å². The number of aryl methyl sites for hydroxylation is 1. The molecular weight excluding hydrogens is 212 g/mol. The second kappa shape index (κ2) is 6.43. The number of benzene rings is 1. The molecule has 1 aromatic carbocycles. The van der Waals surface area contributed by atoms with E-state index in [9.17, 15) is 4.79 Å². The molecule has 2 rings (SSSR count). The Morgan fingerprint density at radius 1 is 1.24 bits per heavy atom. The first-order valence-corrected chi connectivity index (χ1v) is 6.28. The van der Waals surface area contributed by atoms with Gasteiger partial charge in [0.05, 0.1) is 0 Å². The predicted molar refractivity (Wildman–Crippen MR) is 67.7 cm³/mol. The minimum absolute atomic E-state index is 0.0444. The lowest BCUT2D eigenvalue weighted by atomic mass is 9.98. The molecule has 0 spiro atoms. The van der Waals surface area contributed by atoms with E-state index in [1.54, 1.807) is 12.1 Å². The van der Waals surface area contributed by atoms with Gasteiger partial charge in [-0.05, 0) is 37.6 Å². The quantitative estimate of drug-likeness (QED) is 0.745. The van der Waals surface area contributed by atoms with E-state index < -0.39 is 18.8 Å². The van der Waals surface area contributed by atoms with Gasteiger partial charge in [0, 0.05) is 9.14 Å². The Morgan fingerprint density at radius 3 is 2.65 bits per heavy atom. The Labute approximate surface area is 106 Å². The monoisotopic (exact) mass is 234 g/mol. The van der Waals surface area contributed by atoms with E-state index >= 15 is 0 Å². The van der Waals surface area contributed by atoms with Crippen LogP contribution < -0.4 is 0 Å². The second-order valence-electron chi connectivity index (χ2n) is 4.44. The van der Waals surface area contributed by atoms with Crippen molar-refractivity contribution < 1.29 is 12.3 Å². The van der Waals surface area contributed by atoms with E-state index in [0.29, 0.717) is 5.56 Å². The van der Waals surface area contributed by atoms with Gasteiger partial charge in [0.2, 0.25) is 0 Å². The third kappa shape index (κ3) is 4.22. The molecule has 2 atom stereocenters. The van der Waals surface area contributed by atoms with Gasteiger partial charge in [-0.3, -0.25) is 4.79 Å². The molecule has 0 heterocycles. The lowest BCUT2D eigenvalue weighted by Gasteiger charge is -2.21. The van der Waals surface area contributed by atoms with Crippen molar-refractivity contribution in [3.05, 3.63) is 35.9 Å². The molecule has 0 bridgehead atoms. The molecule has 0 saturated heterocycles. The van der Waals surface area contributed by atoms with Crippen LogP contribution in [0.3, 0.4) is 0 Å². The molecule has 2 unspecified atom stereocenters. The fourth-order valence-corrected chi connectivity index (χ4v) is 2.11. The largest absolute Gasteiger partial charge is 0.462 e. The minimum Gasteiger partial charge on any atom is -0.462 e. The van der Waals surface area contributed by atoms with Crippen LogP contribution in [0, 0.1) is 0 Å². The van der Waals surface area contributed by atoms with E-state index in [0.717, 1.165) is 25.7 Å². The zero-order chi connectivity index (χ0) is 13.7. The molecule has 17 heavy (non-hydrogen) atoms. The molecular formula is C15H20O2. The van der Waals surface area contributed by atoms with Crippen LogP contribution >= 0.6 is 0 Å². The van der Waals surface area contributed by atoms with Crippen molar-refractivity contribution in [2.75, 3.05) is 0 Å². The summed E-state index contributed by atoms with van der Waals surface area (Å²) in [5, 5.41) is 0. The highest BCUT2D eigenvalue weighted by Crippen LogP contribution is 2.20. The minimum atomic E-state index is -1.16. The van der Waals surface area contributed by atoms with Crippen LogP contribution in [-0.4, -0.2) is 12.1 Å². The van der Waals surface area contributed by atoms with E-state index in [2.05, 4.69) is 0 Å². The summed E-state index contributed by atoms with van der Waals surface area (Å²) >= 11 is 0. The van der Waals surface area contributed by atoms with Crippen molar-refractivity contribution in [3.8, 4) is 0 Å². The van der Waals surface area contributed by atoms with E-state index in [1.807, 2.05) is 18.2 Å². The van der Waals surface area contributed by atoms with E-state index in [4.69, 9.17) is 7.48 Å². The highest BCUT2D eigenvalue weighted by molar-refractivity contribution is 5.69. The van der Waals surface area contributed by atoms with Gasteiger partial charge in [0.15, 0.2) is 0 Å². The number of hydrogen-bond acceptors (Lipinski definition) is 2. The number of hydrogen-bond donors (Lipinski definition) is 0. The lowest BCUT2D eigenvalue weighted by Crippen LogP contribution is -2.21. The highest BCUT2D eigenvalue weighted by atomic mass is 16.5. The average Bonchev–Trinajstić information content (AvgIpc) is 2.47. The third-order valence-corrected chi connectivity index (χ3v) is 3.05. The Balaban J connectivity index is 1.91. The summed E-state index contributed by atoms with van der Waals surface area (Å²) in [4.78, 5) is 11.9. The fourth-order valence-electron chi connectivity index (χ4n) is 2.11. The van der Waals surface area contributed by atoms with Crippen molar-refractivity contribution in [3.63, 3.8) is 0 Å². The first-order valence-electron chi connectivity index (χ1n) is 7.44. The molecule has 1 saturated carbocycles. The molecule has 0 aliphatic heterocycles. The smallest absolute Gasteiger partial charge is 0.306 e. The Hall–Kier alpha value is -1.31. The third-order valence-electron chi connectivity index (χ3n) is 3.05. The Bertz CT molecular complexity index is 402. The number of rotatable bonds is 4. The van der Waals surface area contributed by atoms with Crippen molar-refractivity contribution in [2.45, 2.75) is 51.0 Å². The maximum atomic E-state index is 11.9. The molecule has 1 aliphatic carbocycles. The van der Waals surface area contributed by atoms with Gasteiger partial charge in [-0.25, -0.2) is 0 Å². The van der Waals surface area contributed by atoms with Crippen molar-refractivity contribution in [1.82, 2.24) is 0 Å². The summed E-state index contributed by atoms with van der Waals surface area (Å²) < 4.78 is 21.2. The highest BCUT2D eigenvalue weighted by Gasteiger charge is 2.17. The van der Waals surface area contributed by atoms with Crippen LogP contribution in [-0.2, 0) is 15.9 Å². The van der Waals surface area contributed by atoms with Gasteiger partial charge in [-0.15, -0.1) is 0 Å². The van der Waals surface area contributed by atoms with Gasteiger partial charge in [-0.2, -0.15) is 0 Å². The van der Waals surface area contributed by atoms with Crippen LogP contribution in [0.2, 0.25) is 0 Å². The molecule has 92 valence electrons. The number of ether oxygens (including phenoxy) is 1. The zero-order valence-corrected chi connectivity index (χ0v) is 9.97. The molecule has 2 nitrogen and oxygen atoms in total. The topological polar surface area (TPSA) is 26.3 Å². The van der Waals surface area contributed by atoms with Gasteiger partial charge in [0.1, 0.15) is 6.10 Å². The molecule has 0 N–H and O–H groups in total. The molecule has 0 amide bonds. The Kier molecular flexibility index (Phi) is 3.67. The van der Waals surface area contributed by atoms with Crippen LogP contribution in [0.25, 0.3) is 0 Å². The van der Waals surface area contributed by atoms with Gasteiger partial charge in [0.25, 0.3) is 0 Å². The maximum absolute atomic E-state index is 11.9. The standard InChI is InChI=1S/C15H20O2/c16-15(17-14-9-5-2-6-10-14)12-11-13-7-3-1-4-8-13/h1,3-4,7-8,14H,2,5-6,9-12H2/i11D,12D. The molecule has 2 heteroatoms. The molecule has 0 radical (unpaired) electrons. The van der Waals surface area contributed by atoms with Gasteiger partial charge in [-0.1, -0.05) is 36.8 Å². The summed E-state index contributed by atoms with van der Waals surface area (Å²) in [6.45, 7) is 0. The van der Waals surface area contributed by atoms with Crippen molar-refractivity contribution >= 4 is 5.97 Å². The SMILES string of the molecule is [2H]C(C(=O)OC1CCCCC1)C([2H])c1ccccc1. The predicted octanol–water partition coefficient (Wildman–Crippen LogP) is 3.50. The summed E-state index contributed by atoms with van der Waals surface area (Å²) in [6.07, 6.45) is 3.08. The van der Waals surface area contributed by atoms with Crippen LogP contribution in [0.4, 0.5) is 0 Å². The summed E-state index contributed by atoms with van der Waals surface area (Å²) in [5.74, 6) is -0.559. The first-order chi connectivity index (χ1) is 9.18. The number of carbonyl (C=O) groups excluding carboxylic acids is 1. The summed E-state index contributed by atoms with van der Waals surface area (Å²) in [5.41, 5.74) is 0.683. The van der Waals surface area contributed by atoms with Crippen LogP contribution in [0.1, 0.15) is 46.8 Å². The summed E-state index contributed by atoms with van der Waals surface area (Å²) in [7, 11) is 0. The average molecular weight is 234 g/mol. The van der Waals surface area contributed by atoms with Gasteiger partial charge < -0.3 is 4.74 Å². The summed E-state index contributed by atoms with van der Waals surface area (Å²) in [6, 6.07) is 9.03. The maximum Gasteiger partial charge on any atom is 0.306 e. The van der Waals surface area contributed by atoms with E-state index in [1.165, 1.54) is 6.42 Å². The second-order valence-corrected chi connectivity index (χ2v) is 4.44. The van der Waals surface area contributed by atoms with Gasteiger partial charge >= 0.3 is 5.97 Å². The Morgan fingerprint density at radius 2 is 1.94 bits per heavy atom. The van der Waals surface area contributed by atoms with Crippen LogP contribution in [0.15, 0.2) is 30.3 Å². The normalized spacial score (nSPS) is 22.1. The fraction of sp³-hybridized carbons (Fsp3) is 0.533. The molecule has 1 aliphatic rings. The number of carbonyl (C=O) groups is 1. The van der Waals surface area contributed by atoms with E-state index in [-0.39, 0.29) is 6.10 Å². The molecule has 0 aromatic heterocycles. The van der Waals surface area contributed by atoms with Crippen molar-refractivity contribution in [2.24, 2.45) is 0 Å². The molecule has 1 fully saturated rings. The zero-order valence-electron chi connectivity index (χ0n) is 12.0. The van der Waals surface area contributed by atoms with Crippen LogP contribution in [0.5, 0.6) is 0 Å². The first kappa shape index (κ1) is 9.69.